The third kappa shape index (κ3) is 37.6. The molecule has 0 saturated heterocycles. The van der Waals surface area contributed by atoms with Crippen molar-refractivity contribution in [3.8, 4) is 0 Å². The zero-order valence-corrected chi connectivity index (χ0v) is 35.9. The van der Waals surface area contributed by atoms with Gasteiger partial charge >= 0.3 is 5.97 Å². The Morgan fingerprint density at radius 2 is 0.792 bits per heavy atom. The Bertz CT molecular complexity index is 761. The molecule has 0 aromatic heterocycles. The van der Waals surface area contributed by atoms with Gasteiger partial charge in [-0.15, -0.1) is 0 Å². The zero-order chi connectivity index (χ0) is 38.9. The van der Waals surface area contributed by atoms with Crippen molar-refractivity contribution in [1.82, 2.24) is 5.32 Å². The molecule has 0 aliphatic rings. The van der Waals surface area contributed by atoms with Gasteiger partial charge in [0.05, 0.1) is 25.2 Å². The fourth-order valence-electron chi connectivity index (χ4n) is 7.55. The lowest BCUT2D eigenvalue weighted by molar-refractivity contribution is -0.151. The molecule has 3 unspecified atom stereocenters. The van der Waals surface area contributed by atoms with Crippen LogP contribution in [0.5, 0.6) is 0 Å². The number of unbranched alkanes of at least 4 members (excludes halogenated alkanes) is 31. The van der Waals surface area contributed by atoms with E-state index in [0.29, 0.717) is 19.3 Å². The summed E-state index contributed by atoms with van der Waals surface area (Å²) in [6, 6.07) is -0.690. The molecule has 0 spiro atoms. The summed E-state index contributed by atoms with van der Waals surface area (Å²) >= 11 is 0. The van der Waals surface area contributed by atoms with E-state index < -0.39 is 18.2 Å². The number of rotatable bonds is 43. The smallest absolute Gasteiger partial charge is 0.306 e. The number of aliphatic hydroxyl groups is 2. The third-order valence-electron chi connectivity index (χ3n) is 11.2. The highest BCUT2D eigenvalue weighted by molar-refractivity contribution is 5.77. The van der Waals surface area contributed by atoms with Crippen LogP contribution in [-0.4, -0.2) is 46.9 Å². The predicted octanol–water partition coefficient (Wildman–Crippen LogP) is 13.6. The number of aliphatic hydroxyl groups excluding tert-OH is 2. The van der Waals surface area contributed by atoms with E-state index in [2.05, 4.69) is 26.1 Å². The second kappa shape index (κ2) is 42.0. The molecule has 0 fully saturated rings. The van der Waals surface area contributed by atoms with Crippen LogP contribution in [0.2, 0.25) is 0 Å². The lowest BCUT2D eigenvalue weighted by atomic mass is 10.0. The molecule has 0 aromatic rings. The minimum absolute atomic E-state index is 0.0870. The van der Waals surface area contributed by atoms with Gasteiger partial charge in [-0.1, -0.05) is 226 Å². The van der Waals surface area contributed by atoms with Crippen molar-refractivity contribution < 1.29 is 24.5 Å². The molecule has 6 nitrogen and oxygen atoms in total. The molecule has 0 aliphatic heterocycles. The quantitative estimate of drug-likeness (QED) is 0.0426. The maximum Gasteiger partial charge on any atom is 0.306 e. The van der Waals surface area contributed by atoms with Crippen LogP contribution < -0.4 is 5.32 Å². The topological polar surface area (TPSA) is 95.9 Å². The molecule has 53 heavy (non-hydrogen) atoms. The van der Waals surface area contributed by atoms with Gasteiger partial charge in [0, 0.05) is 6.42 Å². The average molecular weight is 752 g/mol. The average Bonchev–Trinajstić information content (AvgIpc) is 3.15. The van der Waals surface area contributed by atoms with Crippen LogP contribution in [-0.2, 0) is 14.3 Å². The fraction of sp³-hybridized carbons (Fsp3) is 0.957. The van der Waals surface area contributed by atoms with Crippen LogP contribution in [0, 0.1) is 0 Å². The Kier molecular flexibility index (Phi) is 41.1. The van der Waals surface area contributed by atoms with Crippen LogP contribution in [0.15, 0.2) is 0 Å². The van der Waals surface area contributed by atoms with Crippen LogP contribution in [0.1, 0.15) is 265 Å². The first-order chi connectivity index (χ1) is 26.0. The van der Waals surface area contributed by atoms with E-state index in [0.717, 1.165) is 44.9 Å². The monoisotopic (exact) mass is 752 g/mol. The third-order valence-corrected chi connectivity index (χ3v) is 11.2. The van der Waals surface area contributed by atoms with Gasteiger partial charge in [0.25, 0.3) is 0 Å². The molecule has 6 heteroatoms. The molecular weight excluding hydrogens is 659 g/mol. The van der Waals surface area contributed by atoms with Gasteiger partial charge < -0.3 is 20.3 Å². The van der Waals surface area contributed by atoms with Crippen LogP contribution >= 0.6 is 0 Å². The lowest BCUT2D eigenvalue weighted by Gasteiger charge is -2.24. The van der Waals surface area contributed by atoms with Crippen molar-refractivity contribution in [3.05, 3.63) is 0 Å². The molecule has 0 aromatic carbocycles. The second-order valence-electron chi connectivity index (χ2n) is 16.5. The Morgan fingerprint density at radius 3 is 1.15 bits per heavy atom. The molecule has 0 radical (unpaired) electrons. The van der Waals surface area contributed by atoms with Gasteiger partial charge in [-0.05, 0) is 25.7 Å². The van der Waals surface area contributed by atoms with Crippen molar-refractivity contribution in [3.63, 3.8) is 0 Å². The number of esters is 1. The van der Waals surface area contributed by atoms with Gasteiger partial charge in [-0.2, -0.15) is 0 Å². The normalized spacial score (nSPS) is 13.2. The van der Waals surface area contributed by atoms with Crippen molar-refractivity contribution >= 4 is 11.9 Å². The Labute approximate surface area is 330 Å². The summed E-state index contributed by atoms with van der Waals surface area (Å²) in [4.78, 5) is 26.0. The van der Waals surface area contributed by atoms with E-state index >= 15 is 0 Å². The number of amides is 1. The minimum Gasteiger partial charge on any atom is -0.462 e. The molecule has 0 heterocycles. The molecule has 0 saturated carbocycles. The first-order valence-electron chi connectivity index (χ1n) is 23.8. The molecule has 1 amide bonds. The minimum atomic E-state index is -0.777. The standard InChI is InChI=1S/C47H93NO5/c1-4-7-10-13-16-19-22-23-25-26-29-32-35-38-43(53-47(52)40-37-34-31-28-21-18-15-12-9-6-3)41-46(51)48-44(42-49)45(50)39-36-33-30-27-24-20-17-14-11-8-5-2/h43-45,49-50H,4-42H2,1-3H3,(H,48,51). The van der Waals surface area contributed by atoms with Crippen molar-refractivity contribution in [2.24, 2.45) is 0 Å². The van der Waals surface area contributed by atoms with E-state index in [1.807, 2.05) is 0 Å². The molecule has 0 bridgehead atoms. The van der Waals surface area contributed by atoms with Crippen molar-refractivity contribution in [2.45, 2.75) is 283 Å². The number of ether oxygens (including phenoxy) is 1. The molecule has 0 aliphatic carbocycles. The second-order valence-corrected chi connectivity index (χ2v) is 16.5. The number of carbonyl (C=O) groups excluding carboxylic acids is 2. The van der Waals surface area contributed by atoms with Crippen molar-refractivity contribution in [2.75, 3.05) is 6.61 Å². The van der Waals surface area contributed by atoms with E-state index in [-0.39, 0.29) is 24.9 Å². The van der Waals surface area contributed by atoms with Crippen LogP contribution in [0.3, 0.4) is 0 Å². The van der Waals surface area contributed by atoms with Gasteiger partial charge in [0.1, 0.15) is 6.10 Å². The molecule has 316 valence electrons. The predicted molar refractivity (Wildman–Crippen MR) is 227 cm³/mol. The Hall–Kier alpha value is -1.14. The van der Waals surface area contributed by atoms with Gasteiger partial charge in [0.2, 0.25) is 5.91 Å². The first kappa shape index (κ1) is 51.9. The lowest BCUT2D eigenvalue weighted by Crippen LogP contribution is -2.46. The molecular formula is C47H93NO5. The van der Waals surface area contributed by atoms with Crippen molar-refractivity contribution in [1.29, 1.82) is 0 Å². The number of hydrogen-bond acceptors (Lipinski definition) is 5. The zero-order valence-electron chi connectivity index (χ0n) is 35.9. The van der Waals surface area contributed by atoms with Gasteiger partial charge in [-0.25, -0.2) is 0 Å². The summed E-state index contributed by atoms with van der Waals surface area (Å²) in [5.74, 6) is -0.458. The van der Waals surface area contributed by atoms with Crippen LogP contribution in [0.4, 0.5) is 0 Å². The highest BCUT2D eigenvalue weighted by Crippen LogP contribution is 2.18. The number of carbonyl (C=O) groups is 2. The van der Waals surface area contributed by atoms with E-state index in [1.54, 1.807) is 0 Å². The maximum absolute atomic E-state index is 13.1. The van der Waals surface area contributed by atoms with Gasteiger partial charge in [-0.3, -0.25) is 9.59 Å². The summed E-state index contributed by atoms with van der Waals surface area (Å²) in [6.07, 6.45) is 43.0. The summed E-state index contributed by atoms with van der Waals surface area (Å²) in [6.45, 7) is 6.48. The Balaban J connectivity index is 4.54. The molecule has 3 N–H and O–H groups in total. The van der Waals surface area contributed by atoms with Crippen LogP contribution in [0.25, 0.3) is 0 Å². The van der Waals surface area contributed by atoms with Gasteiger partial charge in [0.15, 0.2) is 0 Å². The summed E-state index contributed by atoms with van der Waals surface area (Å²) in [5.41, 5.74) is 0. The first-order valence-corrected chi connectivity index (χ1v) is 23.8. The van der Waals surface area contributed by atoms with E-state index in [1.165, 1.54) is 173 Å². The number of hydrogen-bond donors (Lipinski definition) is 3. The fourth-order valence-corrected chi connectivity index (χ4v) is 7.55. The Morgan fingerprint density at radius 1 is 0.472 bits per heavy atom. The number of nitrogens with one attached hydrogen (secondary N) is 1. The molecule has 0 rings (SSSR count). The SMILES string of the molecule is CCCCCCCCCCCCCCCC(CC(=O)NC(CO)C(O)CCCCCCCCCCCCC)OC(=O)CCCCCCCCCCCC. The van der Waals surface area contributed by atoms with E-state index in [4.69, 9.17) is 4.74 Å². The highest BCUT2D eigenvalue weighted by atomic mass is 16.5. The highest BCUT2D eigenvalue weighted by Gasteiger charge is 2.24. The summed E-state index contributed by atoms with van der Waals surface area (Å²) in [5, 5.41) is 23.6. The molecule has 3 atom stereocenters. The summed E-state index contributed by atoms with van der Waals surface area (Å²) < 4.78 is 5.91. The van der Waals surface area contributed by atoms with E-state index in [9.17, 15) is 19.8 Å². The largest absolute Gasteiger partial charge is 0.462 e. The summed E-state index contributed by atoms with van der Waals surface area (Å²) in [7, 11) is 0. The maximum atomic E-state index is 13.1.